The van der Waals surface area contributed by atoms with Gasteiger partial charge in [0, 0.05) is 6.42 Å². The molecule has 0 N–H and O–H groups in total. The van der Waals surface area contributed by atoms with Gasteiger partial charge in [0.05, 0.1) is 18.2 Å². The van der Waals surface area contributed by atoms with Crippen LogP contribution in [0, 0.1) is 5.41 Å². The molecule has 2 aliphatic rings. The minimum absolute atomic E-state index is 0.0355. The Morgan fingerprint density at radius 1 is 1.10 bits per heavy atom. The minimum Gasteiger partial charge on any atom is -0.495 e. The Balaban J connectivity index is 1.98. The number of nitrogens with zero attached hydrogens (tertiary/aromatic N) is 1. The Bertz CT molecular complexity index is 546. The molecule has 1 saturated carbocycles. The van der Waals surface area contributed by atoms with Crippen LogP contribution in [0.1, 0.15) is 38.5 Å². The third-order valence-corrected chi connectivity index (χ3v) is 4.53. The van der Waals surface area contributed by atoms with Crippen molar-refractivity contribution in [1.82, 2.24) is 0 Å². The van der Waals surface area contributed by atoms with Gasteiger partial charge in [-0.2, -0.15) is 0 Å². The van der Waals surface area contributed by atoms with Crippen molar-refractivity contribution in [2.75, 3.05) is 12.0 Å². The predicted octanol–water partition coefficient (Wildman–Crippen LogP) is 2.91. The molecular formula is C16H19NO3. The van der Waals surface area contributed by atoms with E-state index in [2.05, 4.69) is 0 Å². The number of carbonyl (C=O) groups is 2. The van der Waals surface area contributed by atoms with Crippen molar-refractivity contribution in [2.24, 2.45) is 5.41 Å². The fourth-order valence-corrected chi connectivity index (χ4v) is 3.47. The van der Waals surface area contributed by atoms with E-state index < -0.39 is 5.41 Å². The molecule has 0 bridgehead atoms. The van der Waals surface area contributed by atoms with Gasteiger partial charge < -0.3 is 4.74 Å². The van der Waals surface area contributed by atoms with Gasteiger partial charge in [-0.3, -0.25) is 9.59 Å². The van der Waals surface area contributed by atoms with E-state index in [-0.39, 0.29) is 11.8 Å². The molecule has 1 spiro atoms. The zero-order chi connectivity index (χ0) is 14.2. The second kappa shape index (κ2) is 4.93. The third-order valence-electron chi connectivity index (χ3n) is 4.53. The maximum absolute atomic E-state index is 12.8. The zero-order valence-electron chi connectivity index (χ0n) is 11.7. The van der Waals surface area contributed by atoms with Crippen LogP contribution in [0.5, 0.6) is 5.75 Å². The smallest absolute Gasteiger partial charge is 0.240 e. The lowest BCUT2D eigenvalue weighted by molar-refractivity contribution is -0.127. The van der Waals surface area contributed by atoms with Crippen LogP contribution < -0.4 is 9.64 Å². The number of para-hydroxylation sites is 2. The number of anilines is 1. The molecule has 1 aliphatic carbocycles. The highest BCUT2D eigenvalue weighted by Gasteiger charge is 2.52. The van der Waals surface area contributed by atoms with Gasteiger partial charge in [-0.1, -0.05) is 31.4 Å². The van der Waals surface area contributed by atoms with Gasteiger partial charge in [-0.05, 0) is 25.0 Å². The third kappa shape index (κ3) is 1.90. The number of hydrogen-bond acceptors (Lipinski definition) is 3. The Morgan fingerprint density at radius 2 is 1.80 bits per heavy atom. The van der Waals surface area contributed by atoms with Crippen LogP contribution in [0.3, 0.4) is 0 Å². The topological polar surface area (TPSA) is 46.6 Å². The van der Waals surface area contributed by atoms with Crippen molar-refractivity contribution in [3.63, 3.8) is 0 Å². The molecule has 2 fully saturated rings. The van der Waals surface area contributed by atoms with Crippen molar-refractivity contribution in [2.45, 2.75) is 38.5 Å². The van der Waals surface area contributed by atoms with E-state index >= 15 is 0 Å². The molecule has 0 atom stereocenters. The fraction of sp³-hybridized carbons (Fsp3) is 0.500. The predicted molar refractivity (Wildman–Crippen MR) is 75.6 cm³/mol. The summed E-state index contributed by atoms with van der Waals surface area (Å²) < 4.78 is 5.28. The van der Waals surface area contributed by atoms with E-state index in [1.165, 1.54) is 4.90 Å². The lowest BCUT2D eigenvalue weighted by Gasteiger charge is -2.30. The van der Waals surface area contributed by atoms with Crippen LogP contribution in [-0.2, 0) is 9.59 Å². The number of benzene rings is 1. The summed E-state index contributed by atoms with van der Waals surface area (Å²) in [5.41, 5.74) is 0.128. The second-order valence-electron chi connectivity index (χ2n) is 5.72. The molecule has 1 heterocycles. The average molecular weight is 273 g/mol. The molecule has 106 valence electrons. The number of methoxy groups -OCH3 is 1. The highest BCUT2D eigenvalue weighted by atomic mass is 16.5. The standard InChI is InChI=1S/C16H19NO3/c1-20-13-8-4-3-7-12(13)17-14(18)11-16(15(17)19)9-5-2-6-10-16/h3-4,7-8H,2,5-6,9-11H2,1H3. The molecule has 2 amide bonds. The van der Waals surface area contributed by atoms with Crippen LogP contribution in [0.2, 0.25) is 0 Å². The summed E-state index contributed by atoms with van der Waals surface area (Å²) in [7, 11) is 1.56. The van der Waals surface area contributed by atoms with Crippen molar-refractivity contribution >= 4 is 17.5 Å². The molecule has 20 heavy (non-hydrogen) atoms. The van der Waals surface area contributed by atoms with E-state index in [0.29, 0.717) is 17.9 Å². The normalized spacial score (nSPS) is 21.6. The summed E-state index contributed by atoms with van der Waals surface area (Å²) >= 11 is 0. The lowest BCUT2D eigenvalue weighted by atomic mass is 9.73. The first-order chi connectivity index (χ1) is 9.68. The molecular weight excluding hydrogens is 254 g/mol. The molecule has 1 aromatic carbocycles. The molecule has 4 nitrogen and oxygen atoms in total. The van der Waals surface area contributed by atoms with Crippen LogP contribution in [0.25, 0.3) is 0 Å². The van der Waals surface area contributed by atoms with E-state index in [4.69, 9.17) is 4.74 Å². The summed E-state index contributed by atoms with van der Waals surface area (Å²) in [5.74, 6) is 0.440. The Labute approximate surface area is 118 Å². The van der Waals surface area contributed by atoms with Crippen LogP contribution in [0.4, 0.5) is 5.69 Å². The lowest BCUT2D eigenvalue weighted by Crippen LogP contribution is -2.37. The number of amides is 2. The van der Waals surface area contributed by atoms with Gasteiger partial charge in [-0.25, -0.2) is 4.90 Å². The Morgan fingerprint density at radius 3 is 2.50 bits per heavy atom. The van der Waals surface area contributed by atoms with Crippen molar-refractivity contribution in [3.8, 4) is 5.75 Å². The van der Waals surface area contributed by atoms with Crippen LogP contribution in [0.15, 0.2) is 24.3 Å². The van der Waals surface area contributed by atoms with E-state index in [9.17, 15) is 9.59 Å². The summed E-state index contributed by atoms with van der Waals surface area (Å²) in [6, 6.07) is 7.21. The molecule has 4 heteroatoms. The Hall–Kier alpha value is -1.84. The maximum atomic E-state index is 12.8. The summed E-state index contributed by atoms with van der Waals surface area (Å²) in [5, 5.41) is 0. The number of hydrogen-bond donors (Lipinski definition) is 0. The minimum atomic E-state index is -0.448. The van der Waals surface area contributed by atoms with Gasteiger partial charge >= 0.3 is 0 Å². The highest BCUT2D eigenvalue weighted by Crippen LogP contribution is 2.47. The molecule has 1 aliphatic heterocycles. The number of rotatable bonds is 2. The molecule has 0 unspecified atom stereocenters. The van der Waals surface area contributed by atoms with Crippen LogP contribution in [-0.4, -0.2) is 18.9 Å². The van der Waals surface area contributed by atoms with E-state index in [1.54, 1.807) is 19.2 Å². The van der Waals surface area contributed by atoms with Gasteiger partial charge in [0.15, 0.2) is 0 Å². The van der Waals surface area contributed by atoms with Crippen LogP contribution >= 0.6 is 0 Å². The quantitative estimate of drug-likeness (QED) is 0.778. The van der Waals surface area contributed by atoms with Crippen molar-refractivity contribution < 1.29 is 14.3 Å². The van der Waals surface area contributed by atoms with Crippen molar-refractivity contribution in [1.29, 1.82) is 0 Å². The second-order valence-corrected chi connectivity index (χ2v) is 5.72. The fourth-order valence-electron chi connectivity index (χ4n) is 3.47. The molecule has 0 aromatic heterocycles. The molecule has 1 saturated heterocycles. The van der Waals surface area contributed by atoms with Gasteiger partial charge in [0.25, 0.3) is 0 Å². The molecule has 3 rings (SSSR count). The first-order valence-corrected chi connectivity index (χ1v) is 7.18. The summed E-state index contributed by atoms with van der Waals surface area (Å²) in [4.78, 5) is 26.5. The SMILES string of the molecule is COc1ccccc1N1C(=O)CC2(CCCCC2)C1=O. The van der Waals surface area contributed by atoms with Gasteiger partial charge in [-0.15, -0.1) is 0 Å². The van der Waals surface area contributed by atoms with Gasteiger partial charge in [0.2, 0.25) is 11.8 Å². The first-order valence-electron chi connectivity index (χ1n) is 7.18. The van der Waals surface area contributed by atoms with E-state index in [0.717, 1.165) is 32.1 Å². The average Bonchev–Trinajstić information content (AvgIpc) is 2.71. The zero-order valence-corrected chi connectivity index (χ0v) is 11.7. The maximum Gasteiger partial charge on any atom is 0.240 e. The Kier molecular flexibility index (Phi) is 3.24. The first kappa shape index (κ1) is 13.2. The van der Waals surface area contributed by atoms with Gasteiger partial charge in [0.1, 0.15) is 5.75 Å². The monoisotopic (exact) mass is 273 g/mol. The van der Waals surface area contributed by atoms with Crippen molar-refractivity contribution in [3.05, 3.63) is 24.3 Å². The number of imide groups is 1. The number of carbonyl (C=O) groups excluding carboxylic acids is 2. The number of ether oxygens (including phenoxy) is 1. The summed E-state index contributed by atoms with van der Waals surface area (Å²) in [6.45, 7) is 0. The molecule has 1 aromatic rings. The highest BCUT2D eigenvalue weighted by molar-refractivity contribution is 6.23. The molecule has 0 radical (unpaired) electrons. The van der Waals surface area contributed by atoms with E-state index in [1.807, 2.05) is 12.1 Å². The summed E-state index contributed by atoms with van der Waals surface area (Å²) in [6.07, 6.45) is 5.27. The largest absolute Gasteiger partial charge is 0.495 e.